The largest absolute Gasteiger partial charge is 0.460 e. The number of nitrogens with one attached hydrogen (secondary N) is 1. The lowest BCUT2D eigenvalue weighted by Crippen LogP contribution is -2.27. The van der Waals surface area contributed by atoms with Gasteiger partial charge >= 0.3 is 12.1 Å². The molecule has 2 aromatic rings. The number of benzene rings is 2. The standard InChI is InChI=1S/C23H30F3NO5Si/c1-33(2,3)32-16-14-30-12-11-29-13-15-31-22(28)20-9-4-5-10-21(20)27-19-8-6-7-18(17-19)23(24,25)26/h4-10,17,27H,11-16H2,1-3H3. The van der Waals surface area contributed by atoms with Crippen LogP contribution in [0.15, 0.2) is 48.5 Å². The Kier molecular flexibility index (Phi) is 10.4. The van der Waals surface area contributed by atoms with E-state index in [4.69, 9.17) is 18.6 Å². The van der Waals surface area contributed by atoms with Gasteiger partial charge in [0.15, 0.2) is 8.32 Å². The number of hydrogen-bond acceptors (Lipinski definition) is 6. The van der Waals surface area contributed by atoms with Crippen molar-refractivity contribution < 1.29 is 36.6 Å². The quantitative estimate of drug-likeness (QED) is 0.230. The van der Waals surface area contributed by atoms with Crippen LogP contribution in [0.2, 0.25) is 19.6 Å². The molecule has 6 nitrogen and oxygen atoms in total. The van der Waals surface area contributed by atoms with Gasteiger partial charge in [0, 0.05) is 5.69 Å². The van der Waals surface area contributed by atoms with Crippen LogP contribution < -0.4 is 5.32 Å². The molecule has 0 spiro atoms. The van der Waals surface area contributed by atoms with E-state index in [1.807, 2.05) is 0 Å². The van der Waals surface area contributed by atoms with Gasteiger partial charge in [-0.3, -0.25) is 0 Å². The molecule has 2 aromatic carbocycles. The zero-order valence-corrected chi connectivity index (χ0v) is 20.0. The van der Waals surface area contributed by atoms with Crippen LogP contribution >= 0.6 is 0 Å². The van der Waals surface area contributed by atoms with E-state index in [2.05, 4.69) is 25.0 Å². The minimum Gasteiger partial charge on any atom is -0.460 e. The van der Waals surface area contributed by atoms with E-state index < -0.39 is 26.0 Å². The second kappa shape index (κ2) is 12.7. The van der Waals surface area contributed by atoms with Crippen LogP contribution in [-0.2, 0) is 24.8 Å². The van der Waals surface area contributed by atoms with E-state index in [-0.39, 0.29) is 24.5 Å². The molecule has 0 atom stereocenters. The van der Waals surface area contributed by atoms with Crippen LogP contribution in [0.1, 0.15) is 15.9 Å². The van der Waals surface area contributed by atoms with Gasteiger partial charge in [0.1, 0.15) is 6.61 Å². The Morgan fingerprint density at radius 3 is 2.18 bits per heavy atom. The number of para-hydroxylation sites is 1. The van der Waals surface area contributed by atoms with E-state index in [0.717, 1.165) is 12.1 Å². The van der Waals surface area contributed by atoms with Crippen molar-refractivity contribution in [3.05, 3.63) is 59.7 Å². The lowest BCUT2D eigenvalue weighted by atomic mass is 10.1. The summed E-state index contributed by atoms with van der Waals surface area (Å²) in [6, 6.07) is 11.2. The van der Waals surface area contributed by atoms with Crippen molar-refractivity contribution in [1.29, 1.82) is 0 Å². The molecule has 1 N–H and O–H groups in total. The highest BCUT2D eigenvalue weighted by Crippen LogP contribution is 2.32. The second-order valence-corrected chi connectivity index (χ2v) is 12.6. The van der Waals surface area contributed by atoms with Crippen molar-refractivity contribution >= 4 is 25.7 Å². The fourth-order valence-corrected chi connectivity index (χ4v) is 3.39. The summed E-state index contributed by atoms with van der Waals surface area (Å²) in [6.45, 7) is 8.38. The molecular weight excluding hydrogens is 455 g/mol. The van der Waals surface area contributed by atoms with Crippen molar-refractivity contribution in [1.82, 2.24) is 0 Å². The molecular formula is C23H30F3NO5Si. The van der Waals surface area contributed by atoms with Gasteiger partial charge in [-0.15, -0.1) is 0 Å². The number of ether oxygens (including phenoxy) is 3. The summed E-state index contributed by atoms with van der Waals surface area (Å²) in [4.78, 5) is 12.4. The monoisotopic (exact) mass is 485 g/mol. The van der Waals surface area contributed by atoms with Crippen LogP contribution in [0.3, 0.4) is 0 Å². The molecule has 0 aromatic heterocycles. The van der Waals surface area contributed by atoms with Gasteiger partial charge in [0.05, 0.1) is 49.8 Å². The summed E-state index contributed by atoms with van der Waals surface area (Å²) in [7, 11) is -1.53. The molecule has 0 heterocycles. The number of hydrogen-bond donors (Lipinski definition) is 1. The predicted molar refractivity (Wildman–Crippen MR) is 122 cm³/mol. The number of alkyl halides is 3. The van der Waals surface area contributed by atoms with Gasteiger partial charge in [-0.2, -0.15) is 13.2 Å². The molecule has 0 amide bonds. The number of carbonyl (C=O) groups excluding carboxylic acids is 1. The lowest BCUT2D eigenvalue weighted by Gasteiger charge is -2.16. The molecule has 0 saturated heterocycles. The van der Waals surface area contributed by atoms with Crippen molar-refractivity contribution in [2.45, 2.75) is 25.8 Å². The van der Waals surface area contributed by atoms with Gasteiger partial charge in [0.25, 0.3) is 0 Å². The molecule has 0 bridgehead atoms. The Morgan fingerprint density at radius 1 is 0.879 bits per heavy atom. The van der Waals surface area contributed by atoms with Crippen LogP contribution in [0.5, 0.6) is 0 Å². The van der Waals surface area contributed by atoms with E-state index in [1.165, 1.54) is 18.2 Å². The summed E-state index contributed by atoms with van der Waals surface area (Å²) in [5, 5.41) is 2.85. The highest BCUT2D eigenvalue weighted by molar-refractivity contribution is 6.69. The third-order valence-corrected chi connectivity index (χ3v) is 5.28. The van der Waals surface area contributed by atoms with Crippen LogP contribution in [0, 0.1) is 0 Å². The lowest BCUT2D eigenvalue weighted by molar-refractivity contribution is -0.137. The Labute approximate surface area is 193 Å². The first-order chi connectivity index (χ1) is 15.6. The zero-order chi connectivity index (χ0) is 24.3. The normalized spacial score (nSPS) is 11.9. The Hall–Kier alpha value is -2.40. The van der Waals surface area contributed by atoms with Crippen LogP contribution in [-0.4, -0.2) is 53.9 Å². The number of esters is 1. The van der Waals surface area contributed by atoms with Gasteiger partial charge in [-0.05, 0) is 50.0 Å². The topological polar surface area (TPSA) is 66.0 Å². The molecule has 0 saturated carbocycles. The third-order valence-electron chi connectivity index (χ3n) is 4.21. The number of rotatable bonds is 13. The molecule has 33 heavy (non-hydrogen) atoms. The number of halogens is 3. The summed E-state index contributed by atoms with van der Waals surface area (Å²) in [5.74, 6) is -0.603. The van der Waals surface area contributed by atoms with Crippen molar-refractivity contribution in [3.8, 4) is 0 Å². The van der Waals surface area contributed by atoms with E-state index in [1.54, 1.807) is 18.2 Å². The molecule has 0 unspecified atom stereocenters. The minimum absolute atomic E-state index is 0.0372. The van der Waals surface area contributed by atoms with E-state index in [0.29, 0.717) is 32.1 Å². The van der Waals surface area contributed by atoms with Crippen molar-refractivity contribution in [2.75, 3.05) is 45.0 Å². The first-order valence-electron chi connectivity index (χ1n) is 10.6. The Balaban J connectivity index is 1.75. The maximum atomic E-state index is 12.9. The molecule has 10 heteroatoms. The SMILES string of the molecule is C[Si](C)(C)OCCOCCOCCOC(=O)c1ccccc1Nc1cccc(C(F)(F)F)c1. The smallest absolute Gasteiger partial charge is 0.416 e. The van der Waals surface area contributed by atoms with Gasteiger partial charge in [-0.25, -0.2) is 4.79 Å². The minimum atomic E-state index is -4.46. The van der Waals surface area contributed by atoms with Crippen molar-refractivity contribution in [3.63, 3.8) is 0 Å². The van der Waals surface area contributed by atoms with Gasteiger partial charge < -0.3 is 24.0 Å². The van der Waals surface area contributed by atoms with Gasteiger partial charge in [0.2, 0.25) is 0 Å². The molecule has 0 aliphatic rings. The van der Waals surface area contributed by atoms with Crippen LogP contribution in [0.25, 0.3) is 0 Å². The maximum Gasteiger partial charge on any atom is 0.416 e. The fourth-order valence-electron chi connectivity index (χ4n) is 2.70. The highest BCUT2D eigenvalue weighted by Gasteiger charge is 2.30. The van der Waals surface area contributed by atoms with Crippen LogP contribution in [0.4, 0.5) is 24.5 Å². The summed E-state index contributed by atoms with van der Waals surface area (Å²) in [5.41, 5.74) is -0.0155. The Morgan fingerprint density at radius 2 is 1.52 bits per heavy atom. The molecule has 0 radical (unpaired) electrons. The first-order valence-corrected chi connectivity index (χ1v) is 14.0. The third kappa shape index (κ3) is 10.4. The predicted octanol–water partition coefficient (Wildman–Crippen LogP) is 5.49. The number of anilines is 2. The summed E-state index contributed by atoms with van der Waals surface area (Å²) >= 11 is 0. The van der Waals surface area contributed by atoms with Crippen molar-refractivity contribution in [2.24, 2.45) is 0 Å². The van der Waals surface area contributed by atoms with E-state index >= 15 is 0 Å². The second-order valence-electron chi connectivity index (χ2n) is 8.07. The highest BCUT2D eigenvalue weighted by atomic mass is 28.4. The summed E-state index contributed by atoms with van der Waals surface area (Å²) < 4.78 is 60.5. The zero-order valence-electron chi connectivity index (χ0n) is 19.0. The van der Waals surface area contributed by atoms with E-state index in [9.17, 15) is 18.0 Å². The maximum absolute atomic E-state index is 12.9. The average Bonchev–Trinajstić information content (AvgIpc) is 2.74. The molecule has 182 valence electrons. The molecule has 0 aliphatic heterocycles. The molecule has 0 fully saturated rings. The fraction of sp³-hybridized carbons (Fsp3) is 0.435. The Bertz CT molecular complexity index is 887. The average molecular weight is 486 g/mol. The summed E-state index contributed by atoms with van der Waals surface area (Å²) in [6.07, 6.45) is -4.46. The number of carbonyl (C=O) groups is 1. The molecule has 0 aliphatic carbocycles. The first kappa shape index (κ1) is 26.8. The van der Waals surface area contributed by atoms with Gasteiger partial charge in [-0.1, -0.05) is 18.2 Å². The molecule has 2 rings (SSSR count).